The van der Waals surface area contributed by atoms with Crippen LogP contribution in [0.2, 0.25) is 0 Å². The van der Waals surface area contributed by atoms with Gasteiger partial charge in [-0.1, -0.05) is 30.3 Å². The van der Waals surface area contributed by atoms with Crippen LogP contribution in [-0.4, -0.2) is 23.0 Å². The number of hydrogen-bond acceptors (Lipinski definition) is 3. The molecule has 0 radical (unpaired) electrons. The molecule has 0 aromatic heterocycles. The lowest BCUT2D eigenvalue weighted by Gasteiger charge is -2.37. The molecule has 0 saturated carbocycles. The molecule has 86 valence electrons. The first kappa shape index (κ1) is 11.3. The highest BCUT2D eigenvalue weighted by Crippen LogP contribution is 2.31. The van der Waals surface area contributed by atoms with Crippen molar-refractivity contribution in [2.45, 2.75) is 32.1 Å². The smallest absolute Gasteiger partial charge is 0.232 e. The molecule has 0 spiro atoms. The van der Waals surface area contributed by atoms with Crippen molar-refractivity contribution in [1.82, 2.24) is 0 Å². The van der Waals surface area contributed by atoms with E-state index in [0.717, 1.165) is 5.56 Å². The average Bonchev–Trinajstić information content (AvgIpc) is 2.25. The summed E-state index contributed by atoms with van der Waals surface area (Å²) in [6.45, 7) is 6.19. The van der Waals surface area contributed by atoms with Gasteiger partial charge >= 0.3 is 0 Å². The monoisotopic (exact) mass is 219 g/mol. The van der Waals surface area contributed by atoms with E-state index < -0.39 is 5.79 Å². The van der Waals surface area contributed by atoms with Crippen molar-refractivity contribution < 1.29 is 9.84 Å². The fourth-order valence-electron chi connectivity index (χ4n) is 1.90. The van der Waals surface area contributed by atoms with E-state index in [-0.39, 0.29) is 5.54 Å². The summed E-state index contributed by atoms with van der Waals surface area (Å²) in [6.07, 6.45) is 0. The Balaban J connectivity index is 2.42. The van der Waals surface area contributed by atoms with Gasteiger partial charge in [0.25, 0.3) is 0 Å². The van der Waals surface area contributed by atoms with E-state index in [9.17, 15) is 5.11 Å². The Bertz CT molecular complexity index is 411. The number of aliphatic imine (C=N–C) groups is 1. The molecule has 16 heavy (non-hydrogen) atoms. The minimum Gasteiger partial charge on any atom is -0.357 e. The minimum absolute atomic E-state index is 0.259. The van der Waals surface area contributed by atoms with Crippen molar-refractivity contribution in [1.29, 1.82) is 0 Å². The zero-order chi connectivity index (χ0) is 11.8. The second-order valence-electron chi connectivity index (χ2n) is 4.81. The van der Waals surface area contributed by atoms with Crippen LogP contribution < -0.4 is 0 Å². The second-order valence-corrected chi connectivity index (χ2v) is 4.81. The van der Waals surface area contributed by atoms with Gasteiger partial charge in [0.05, 0.1) is 17.9 Å². The highest BCUT2D eigenvalue weighted by molar-refractivity contribution is 5.90. The molecule has 0 aliphatic carbocycles. The number of nitrogens with zero attached hydrogens (tertiary/aromatic N) is 1. The van der Waals surface area contributed by atoms with Crippen LogP contribution >= 0.6 is 0 Å². The van der Waals surface area contributed by atoms with E-state index in [4.69, 9.17) is 4.74 Å². The van der Waals surface area contributed by atoms with Crippen molar-refractivity contribution in [3.8, 4) is 0 Å². The number of aliphatic hydroxyl groups is 1. The molecule has 1 aromatic rings. The molecule has 1 aromatic carbocycles. The van der Waals surface area contributed by atoms with Crippen LogP contribution in [0.4, 0.5) is 0 Å². The Kier molecular flexibility index (Phi) is 2.60. The maximum Gasteiger partial charge on any atom is 0.232 e. The van der Waals surface area contributed by atoms with E-state index in [1.165, 1.54) is 0 Å². The van der Waals surface area contributed by atoms with Gasteiger partial charge in [-0.2, -0.15) is 0 Å². The molecule has 1 N–H and O–H groups in total. The van der Waals surface area contributed by atoms with Gasteiger partial charge in [0.1, 0.15) is 0 Å². The lowest BCUT2D eigenvalue weighted by molar-refractivity contribution is -0.175. The van der Waals surface area contributed by atoms with Crippen LogP contribution in [0.25, 0.3) is 0 Å². The number of ether oxygens (including phenoxy) is 1. The predicted molar refractivity (Wildman–Crippen MR) is 63.5 cm³/mol. The topological polar surface area (TPSA) is 41.8 Å². The molecule has 0 fully saturated rings. The molecule has 2 rings (SSSR count). The van der Waals surface area contributed by atoms with E-state index in [1.54, 1.807) is 6.92 Å². The number of benzene rings is 1. The molecule has 0 bridgehead atoms. The van der Waals surface area contributed by atoms with E-state index in [1.807, 2.05) is 44.2 Å². The Morgan fingerprint density at radius 3 is 2.44 bits per heavy atom. The third-order valence-electron chi connectivity index (χ3n) is 2.76. The molecular weight excluding hydrogens is 202 g/mol. The summed E-state index contributed by atoms with van der Waals surface area (Å²) in [7, 11) is 0. The second kappa shape index (κ2) is 3.68. The Labute approximate surface area is 95.8 Å². The summed E-state index contributed by atoms with van der Waals surface area (Å²) in [5.41, 5.74) is 1.08. The van der Waals surface area contributed by atoms with Crippen molar-refractivity contribution in [3.05, 3.63) is 35.9 Å². The third kappa shape index (κ3) is 1.88. The lowest BCUT2D eigenvalue weighted by atomic mass is 9.97. The van der Waals surface area contributed by atoms with Gasteiger partial charge in [0, 0.05) is 5.56 Å². The van der Waals surface area contributed by atoms with Gasteiger partial charge in [0.15, 0.2) is 0 Å². The zero-order valence-corrected chi connectivity index (χ0v) is 9.90. The summed E-state index contributed by atoms with van der Waals surface area (Å²) in [4.78, 5) is 4.49. The molecule has 3 heteroatoms. The third-order valence-corrected chi connectivity index (χ3v) is 2.76. The maximum atomic E-state index is 10.5. The molecular formula is C13H17NO2. The van der Waals surface area contributed by atoms with E-state index >= 15 is 0 Å². The Hall–Kier alpha value is -1.19. The first-order chi connectivity index (χ1) is 7.44. The molecule has 1 aliphatic rings. The van der Waals surface area contributed by atoms with E-state index in [2.05, 4.69) is 4.99 Å². The lowest BCUT2D eigenvalue weighted by Crippen LogP contribution is -2.47. The van der Waals surface area contributed by atoms with Gasteiger partial charge in [-0.3, -0.25) is 4.99 Å². The summed E-state index contributed by atoms with van der Waals surface area (Å²) < 4.78 is 5.60. The normalized spacial score (nSPS) is 28.6. The van der Waals surface area contributed by atoms with Crippen LogP contribution in [0, 0.1) is 0 Å². The molecule has 1 unspecified atom stereocenters. The molecule has 0 amide bonds. The van der Waals surface area contributed by atoms with Gasteiger partial charge in [0.2, 0.25) is 5.79 Å². The van der Waals surface area contributed by atoms with Gasteiger partial charge < -0.3 is 9.84 Å². The molecule has 3 nitrogen and oxygen atoms in total. The van der Waals surface area contributed by atoms with Gasteiger partial charge in [-0.15, -0.1) is 0 Å². The molecule has 1 atom stereocenters. The predicted octanol–water partition coefficient (Wildman–Crippen LogP) is 2.10. The molecule has 1 aliphatic heterocycles. The van der Waals surface area contributed by atoms with Crippen molar-refractivity contribution in [2.24, 2.45) is 4.99 Å². The first-order valence-corrected chi connectivity index (χ1v) is 5.43. The summed E-state index contributed by atoms with van der Waals surface area (Å²) >= 11 is 0. The highest BCUT2D eigenvalue weighted by atomic mass is 16.6. The highest BCUT2D eigenvalue weighted by Gasteiger charge is 2.40. The number of rotatable bonds is 1. The van der Waals surface area contributed by atoms with Crippen molar-refractivity contribution in [2.75, 3.05) is 6.61 Å². The minimum atomic E-state index is -1.36. The standard InChI is InChI=1S/C13H17NO2/c1-10-13(15,11-7-5-4-6-8-11)16-9-12(2,3)14-10/h4-8,15H,9H2,1-3H3. The van der Waals surface area contributed by atoms with Crippen molar-refractivity contribution in [3.63, 3.8) is 0 Å². The van der Waals surface area contributed by atoms with Crippen LogP contribution in [0.5, 0.6) is 0 Å². The molecule has 0 saturated heterocycles. The van der Waals surface area contributed by atoms with Gasteiger partial charge in [-0.05, 0) is 20.8 Å². The zero-order valence-electron chi connectivity index (χ0n) is 9.90. The van der Waals surface area contributed by atoms with Crippen LogP contribution in [0.15, 0.2) is 35.3 Å². The van der Waals surface area contributed by atoms with Crippen LogP contribution in [0.3, 0.4) is 0 Å². The summed E-state index contributed by atoms with van der Waals surface area (Å²) in [5.74, 6) is -1.36. The van der Waals surface area contributed by atoms with Crippen LogP contribution in [-0.2, 0) is 10.5 Å². The Morgan fingerprint density at radius 1 is 1.25 bits per heavy atom. The fourth-order valence-corrected chi connectivity index (χ4v) is 1.90. The molecule has 1 heterocycles. The number of hydrogen-bond donors (Lipinski definition) is 1. The van der Waals surface area contributed by atoms with Gasteiger partial charge in [-0.25, -0.2) is 0 Å². The van der Waals surface area contributed by atoms with E-state index in [0.29, 0.717) is 12.3 Å². The largest absolute Gasteiger partial charge is 0.357 e. The Morgan fingerprint density at radius 2 is 1.88 bits per heavy atom. The first-order valence-electron chi connectivity index (χ1n) is 5.43. The van der Waals surface area contributed by atoms with Crippen molar-refractivity contribution >= 4 is 5.71 Å². The fraction of sp³-hybridized carbons (Fsp3) is 0.462. The summed E-state index contributed by atoms with van der Waals surface area (Å²) in [6, 6.07) is 9.36. The quantitative estimate of drug-likeness (QED) is 0.786. The average molecular weight is 219 g/mol. The summed E-state index contributed by atoms with van der Waals surface area (Å²) in [5, 5.41) is 10.5. The van der Waals surface area contributed by atoms with Crippen LogP contribution in [0.1, 0.15) is 26.3 Å². The maximum absolute atomic E-state index is 10.5. The SMILES string of the molecule is CC1=NC(C)(C)COC1(O)c1ccccc1.